The highest BCUT2D eigenvalue weighted by molar-refractivity contribution is 7.99. The van der Waals surface area contributed by atoms with Gasteiger partial charge < -0.3 is 4.74 Å². The zero-order valence-electron chi connectivity index (χ0n) is 13.9. The Morgan fingerprint density at radius 3 is 2.69 bits per heavy atom. The average molecular weight is 384 g/mol. The molecular weight excluding hydrogens is 370 g/mol. The Morgan fingerprint density at radius 1 is 1.27 bits per heavy atom. The number of methoxy groups -OCH3 is 1. The number of hydrogen-bond donors (Lipinski definition) is 0. The van der Waals surface area contributed by atoms with Crippen LogP contribution in [0.5, 0.6) is 5.75 Å². The van der Waals surface area contributed by atoms with E-state index in [0.717, 1.165) is 11.3 Å². The van der Waals surface area contributed by atoms with E-state index in [-0.39, 0.29) is 5.69 Å². The summed E-state index contributed by atoms with van der Waals surface area (Å²) in [5.74, 6) is 1.48. The number of hydrogen-bond acceptors (Lipinski definition) is 6. The van der Waals surface area contributed by atoms with Crippen molar-refractivity contribution in [2.24, 2.45) is 0 Å². The van der Waals surface area contributed by atoms with E-state index in [0.29, 0.717) is 27.6 Å². The van der Waals surface area contributed by atoms with Crippen LogP contribution in [-0.4, -0.2) is 26.9 Å². The highest BCUT2D eigenvalue weighted by Crippen LogP contribution is 2.30. The molecule has 0 N–H and O–H groups in total. The summed E-state index contributed by atoms with van der Waals surface area (Å²) in [6, 6.07) is 13.0. The maximum absolute atomic E-state index is 9.08. The summed E-state index contributed by atoms with van der Waals surface area (Å²) in [5, 5.41) is 19.2. The van der Waals surface area contributed by atoms with Crippen molar-refractivity contribution in [3.8, 4) is 23.2 Å². The van der Waals surface area contributed by atoms with Gasteiger partial charge in [-0.25, -0.2) is 4.98 Å². The summed E-state index contributed by atoms with van der Waals surface area (Å²) in [6.45, 7) is 4.34. The Balaban J connectivity index is 1.96. The molecule has 0 aliphatic heterocycles. The minimum absolute atomic E-state index is 0.182. The number of allylic oxidation sites excluding steroid dienone is 1. The fourth-order valence-corrected chi connectivity index (χ4v) is 3.22. The molecule has 0 saturated carbocycles. The molecule has 0 radical (unpaired) electrons. The lowest BCUT2D eigenvalue weighted by molar-refractivity contribution is 0.415. The van der Waals surface area contributed by atoms with Gasteiger partial charge in [0.1, 0.15) is 16.8 Å². The number of pyridine rings is 1. The van der Waals surface area contributed by atoms with E-state index in [4.69, 9.17) is 21.6 Å². The molecule has 3 aromatic rings. The van der Waals surface area contributed by atoms with Crippen LogP contribution in [0, 0.1) is 11.3 Å². The summed E-state index contributed by atoms with van der Waals surface area (Å²) < 4.78 is 7.12. The van der Waals surface area contributed by atoms with Crippen molar-refractivity contribution in [1.29, 1.82) is 5.26 Å². The van der Waals surface area contributed by atoms with Crippen molar-refractivity contribution in [1.82, 2.24) is 19.7 Å². The van der Waals surface area contributed by atoms with Gasteiger partial charge in [0, 0.05) is 12.1 Å². The van der Waals surface area contributed by atoms with E-state index in [9.17, 15) is 0 Å². The lowest BCUT2D eigenvalue weighted by atomic mass is 10.2. The first-order valence-electron chi connectivity index (χ1n) is 7.59. The van der Waals surface area contributed by atoms with Crippen molar-refractivity contribution in [3.63, 3.8) is 0 Å². The predicted molar refractivity (Wildman–Crippen MR) is 100 cm³/mol. The van der Waals surface area contributed by atoms with Gasteiger partial charge in [-0.1, -0.05) is 17.7 Å². The Morgan fingerprint density at radius 2 is 2.04 bits per heavy atom. The topological polar surface area (TPSA) is 76.6 Å². The summed E-state index contributed by atoms with van der Waals surface area (Å²) >= 11 is 7.25. The van der Waals surface area contributed by atoms with E-state index in [1.54, 1.807) is 25.3 Å². The number of nitrogens with zero attached hydrogens (tertiary/aromatic N) is 5. The zero-order valence-corrected chi connectivity index (χ0v) is 15.5. The fraction of sp³-hybridized carbons (Fsp3) is 0.111. The van der Waals surface area contributed by atoms with Gasteiger partial charge in [-0.3, -0.25) is 4.57 Å². The van der Waals surface area contributed by atoms with Gasteiger partial charge in [0.15, 0.2) is 16.7 Å². The van der Waals surface area contributed by atoms with Gasteiger partial charge in [-0.15, -0.1) is 16.8 Å². The van der Waals surface area contributed by atoms with Crippen LogP contribution in [-0.2, 0) is 6.54 Å². The number of aromatic nitrogens is 4. The van der Waals surface area contributed by atoms with Crippen LogP contribution in [0.15, 0.2) is 59.2 Å². The Kier molecular flexibility index (Phi) is 5.56. The molecule has 6 nitrogen and oxygen atoms in total. The minimum Gasteiger partial charge on any atom is -0.497 e. The van der Waals surface area contributed by atoms with Gasteiger partial charge in [0.2, 0.25) is 0 Å². The molecule has 0 atom stereocenters. The van der Waals surface area contributed by atoms with Crippen LogP contribution in [0.3, 0.4) is 0 Å². The largest absolute Gasteiger partial charge is 0.497 e. The molecule has 0 spiro atoms. The van der Waals surface area contributed by atoms with Gasteiger partial charge in [-0.05, 0) is 48.2 Å². The van der Waals surface area contributed by atoms with Crippen molar-refractivity contribution in [3.05, 3.63) is 59.8 Å². The van der Waals surface area contributed by atoms with Crippen LogP contribution in [0.25, 0.3) is 11.4 Å². The van der Waals surface area contributed by atoms with Gasteiger partial charge in [-0.2, -0.15) is 5.26 Å². The molecule has 8 heteroatoms. The molecule has 0 bridgehead atoms. The Labute approximate surface area is 160 Å². The molecule has 0 aliphatic carbocycles. The number of benzene rings is 1. The minimum atomic E-state index is 0.182. The zero-order chi connectivity index (χ0) is 18.5. The Hall–Kier alpha value is -2.82. The van der Waals surface area contributed by atoms with Crippen LogP contribution in [0.4, 0.5) is 0 Å². The molecule has 0 unspecified atom stereocenters. The van der Waals surface area contributed by atoms with Crippen LogP contribution in [0.2, 0.25) is 5.02 Å². The molecule has 2 aromatic heterocycles. The van der Waals surface area contributed by atoms with Crippen molar-refractivity contribution < 1.29 is 4.74 Å². The number of nitriles is 1. The normalized spacial score (nSPS) is 10.3. The van der Waals surface area contributed by atoms with E-state index < -0.39 is 0 Å². The highest BCUT2D eigenvalue weighted by Gasteiger charge is 2.15. The molecule has 3 rings (SSSR count). The first-order valence-corrected chi connectivity index (χ1v) is 8.78. The summed E-state index contributed by atoms with van der Waals surface area (Å²) in [6.07, 6.45) is 1.77. The van der Waals surface area contributed by atoms with Gasteiger partial charge >= 0.3 is 0 Å². The van der Waals surface area contributed by atoms with E-state index in [1.165, 1.54) is 11.8 Å². The maximum atomic E-state index is 9.08. The molecule has 2 heterocycles. The third kappa shape index (κ3) is 3.72. The average Bonchev–Trinajstić information content (AvgIpc) is 3.06. The number of halogens is 1. The summed E-state index contributed by atoms with van der Waals surface area (Å²) in [5.41, 5.74) is 1.09. The maximum Gasteiger partial charge on any atom is 0.198 e. The lowest BCUT2D eigenvalue weighted by Crippen LogP contribution is -2.01. The molecule has 0 aliphatic rings. The van der Waals surface area contributed by atoms with Crippen LogP contribution < -0.4 is 4.74 Å². The summed E-state index contributed by atoms with van der Waals surface area (Å²) in [4.78, 5) is 4.24. The van der Waals surface area contributed by atoms with E-state index >= 15 is 0 Å². The Bertz CT molecular complexity index is 978. The monoisotopic (exact) mass is 383 g/mol. The van der Waals surface area contributed by atoms with Gasteiger partial charge in [0.25, 0.3) is 0 Å². The van der Waals surface area contributed by atoms with Crippen LogP contribution >= 0.6 is 23.4 Å². The highest BCUT2D eigenvalue weighted by atomic mass is 35.5. The van der Waals surface area contributed by atoms with Crippen molar-refractivity contribution >= 4 is 23.4 Å². The van der Waals surface area contributed by atoms with Gasteiger partial charge in [0.05, 0.1) is 12.1 Å². The third-order valence-corrected chi connectivity index (χ3v) is 4.73. The molecule has 0 saturated heterocycles. The van der Waals surface area contributed by atoms with E-state index in [2.05, 4.69) is 21.8 Å². The third-order valence-electron chi connectivity index (χ3n) is 3.50. The predicted octanol–water partition coefficient (Wildman–Crippen LogP) is 4.21. The standard InChI is InChI=1S/C18H14ClN5OS/c1-3-10-24-17(12-4-6-13(25-2)7-5-12)22-23-18(24)26-16-9-8-14(19)15(11-20)21-16/h3-9H,1,10H2,2H3. The molecule has 26 heavy (non-hydrogen) atoms. The molecule has 130 valence electrons. The number of rotatable bonds is 6. The van der Waals surface area contributed by atoms with Crippen molar-refractivity contribution in [2.45, 2.75) is 16.7 Å². The smallest absolute Gasteiger partial charge is 0.198 e. The van der Waals surface area contributed by atoms with Crippen LogP contribution in [0.1, 0.15) is 5.69 Å². The van der Waals surface area contributed by atoms with Crippen molar-refractivity contribution in [2.75, 3.05) is 7.11 Å². The molecule has 0 fully saturated rings. The second-order valence-corrected chi connectivity index (χ2v) is 6.52. The van der Waals surface area contributed by atoms with E-state index in [1.807, 2.05) is 34.9 Å². The quantitative estimate of drug-likeness (QED) is 0.593. The first kappa shape index (κ1) is 18.0. The number of ether oxygens (including phenoxy) is 1. The first-order chi connectivity index (χ1) is 12.7. The SMILES string of the molecule is C=CCn1c(Sc2ccc(Cl)c(C#N)n2)nnc1-c1ccc(OC)cc1. The second-order valence-electron chi connectivity index (χ2n) is 5.13. The fourth-order valence-electron chi connectivity index (χ4n) is 2.26. The lowest BCUT2D eigenvalue weighted by Gasteiger charge is -2.08. The molecule has 1 aromatic carbocycles. The molecular formula is C18H14ClN5OS. The summed E-state index contributed by atoms with van der Waals surface area (Å²) in [7, 11) is 1.62. The molecule has 0 amide bonds. The second kappa shape index (κ2) is 8.04.